The summed E-state index contributed by atoms with van der Waals surface area (Å²) in [5.74, 6) is -2.20. The third-order valence-corrected chi connectivity index (χ3v) is 5.09. The normalized spacial score (nSPS) is 10.6. The van der Waals surface area contributed by atoms with Crippen LogP contribution in [-0.2, 0) is 14.3 Å². The highest BCUT2D eigenvalue weighted by molar-refractivity contribution is 6.31. The van der Waals surface area contributed by atoms with Crippen LogP contribution >= 0.6 is 11.6 Å². The fourth-order valence-electron chi connectivity index (χ4n) is 3.29. The van der Waals surface area contributed by atoms with Crippen molar-refractivity contribution >= 4 is 35.1 Å². The van der Waals surface area contributed by atoms with E-state index >= 15 is 0 Å². The summed E-state index contributed by atoms with van der Waals surface area (Å²) in [5.41, 5.74) is 2.10. The van der Waals surface area contributed by atoms with Gasteiger partial charge in [0.15, 0.2) is 0 Å². The highest BCUT2D eigenvalue weighted by Gasteiger charge is 2.16. The molecule has 0 aromatic heterocycles. The van der Waals surface area contributed by atoms with E-state index < -0.39 is 18.5 Å². The van der Waals surface area contributed by atoms with Crippen LogP contribution in [0.3, 0.4) is 0 Å². The highest BCUT2D eigenvalue weighted by Crippen LogP contribution is 2.23. The minimum atomic E-state index is -1.22. The zero-order chi connectivity index (χ0) is 23.6. The first-order chi connectivity index (χ1) is 15.9. The molecule has 0 unspecified atom stereocenters. The molecular formula is C25H23ClN2O5. The van der Waals surface area contributed by atoms with Gasteiger partial charge in [0.1, 0.15) is 13.2 Å². The quantitative estimate of drug-likeness (QED) is 0.419. The first-order valence-electron chi connectivity index (χ1n) is 10.2. The van der Waals surface area contributed by atoms with E-state index in [0.29, 0.717) is 6.54 Å². The second-order valence-corrected chi connectivity index (χ2v) is 7.65. The molecule has 0 heterocycles. The summed E-state index contributed by atoms with van der Waals surface area (Å²) in [5, 5.41) is 14.8. The van der Waals surface area contributed by atoms with Gasteiger partial charge in [-0.25, -0.2) is 4.79 Å². The van der Waals surface area contributed by atoms with Crippen molar-refractivity contribution in [3.63, 3.8) is 0 Å². The van der Waals surface area contributed by atoms with Crippen LogP contribution in [0.5, 0.6) is 0 Å². The largest absolute Gasteiger partial charge is 0.478 e. The molecule has 0 atom stereocenters. The van der Waals surface area contributed by atoms with Gasteiger partial charge in [-0.05, 0) is 29.3 Å². The van der Waals surface area contributed by atoms with Crippen LogP contribution in [0.1, 0.15) is 27.4 Å². The van der Waals surface area contributed by atoms with Crippen molar-refractivity contribution in [2.24, 2.45) is 0 Å². The number of aromatic carboxylic acids is 1. The predicted molar refractivity (Wildman–Crippen MR) is 126 cm³/mol. The van der Waals surface area contributed by atoms with Gasteiger partial charge in [0.05, 0.1) is 11.3 Å². The lowest BCUT2D eigenvalue weighted by atomic mass is 9.91. The minimum absolute atomic E-state index is 0.0287. The Morgan fingerprint density at radius 3 is 2.00 bits per heavy atom. The van der Waals surface area contributed by atoms with Crippen LogP contribution in [0, 0.1) is 0 Å². The van der Waals surface area contributed by atoms with Crippen molar-refractivity contribution in [2.45, 2.75) is 5.92 Å². The monoisotopic (exact) mass is 466 g/mol. The molecule has 2 amide bonds. The molecule has 8 heteroatoms. The van der Waals surface area contributed by atoms with Gasteiger partial charge in [0, 0.05) is 17.5 Å². The minimum Gasteiger partial charge on any atom is -0.478 e. The van der Waals surface area contributed by atoms with Gasteiger partial charge in [-0.3, -0.25) is 9.59 Å². The van der Waals surface area contributed by atoms with Crippen molar-refractivity contribution in [3.8, 4) is 0 Å². The summed E-state index contributed by atoms with van der Waals surface area (Å²) in [7, 11) is 0. The van der Waals surface area contributed by atoms with Gasteiger partial charge in [-0.1, -0.05) is 72.3 Å². The second kappa shape index (κ2) is 11.8. The lowest BCUT2D eigenvalue weighted by molar-refractivity contribution is -0.128. The van der Waals surface area contributed by atoms with Crippen LogP contribution < -0.4 is 10.6 Å². The number of hydrogen-bond acceptors (Lipinski definition) is 4. The Morgan fingerprint density at radius 1 is 0.848 bits per heavy atom. The van der Waals surface area contributed by atoms with Gasteiger partial charge in [-0.2, -0.15) is 0 Å². The van der Waals surface area contributed by atoms with Crippen molar-refractivity contribution in [3.05, 3.63) is 101 Å². The third kappa shape index (κ3) is 7.17. The highest BCUT2D eigenvalue weighted by atomic mass is 35.5. The van der Waals surface area contributed by atoms with Gasteiger partial charge in [0.25, 0.3) is 0 Å². The zero-order valence-corrected chi connectivity index (χ0v) is 18.4. The molecule has 7 nitrogen and oxygen atoms in total. The Kier molecular flexibility index (Phi) is 8.57. The number of carboxylic acid groups (broad SMARTS) is 1. The molecule has 170 valence electrons. The molecule has 33 heavy (non-hydrogen) atoms. The molecule has 3 N–H and O–H groups in total. The maximum Gasteiger partial charge on any atom is 0.337 e. The first-order valence-corrected chi connectivity index (χ1v) is 10.6. The number of rotatable bonds is 10. The Morgan fingerprint density at radius 2 is 1.42 bits per heavy atom. The smallest absolute Gasteiger partial charge is 0.337 e. The standard InChI is InChI=1S/C25H23ClN2O5/c26-19-11-12-22(20(13-19)25(31)32)28-24(30)16-33-15-23(29)27-14-21(17-7-3-1-4-8-17)18-9-5-2-6-10-18/h1-13,21H,14-16H2,(H,27,29)(H,28,30)(H,31,32). The Bertz CT molecular complexity index is 1070. The van der Waals surface area contributed by atoms with Crippen molar-refractivity contribution in [2.75, 3.05) is 25.1 Å². The molecule has 0 saturated carbocycles. The topological polar surface area (TPSA) is 105 Å². The predicted octanol–water partition coefficient (Wildman–Crippen LogP) is 3.94. The number of benzene rings is 3. The number of halogens is 1. The Balaban J connectivity index is 1.50. The van der Waals surface area contributed by atoms with Crippen molar-refractivity contribution in [1.29, 1.82) is 0 Å². The molecule has 0 saturated heterocycles. The van der Waals surface area contributed by atoms with E-state index in [1.807, 2.05) is 60.7 Å². The fourth-order valence-corrected chi connectivity index (χ4v) is 3.46. The lowest BCUT2D eigenvalue weighted by Gasteiger charge is -2.19. The number of carbonyl (C=O) groups excluding carboxylic acids is 2. The summed E-state index contributed by atoms with van der Waals surface area (Å²) < 4.78 is 5.20. The van der Waals surface area contributed by atoms with E-state index in [4.69, 9.17) is 16.3 Å². The summed E-state index contributed by atoms with van der Waals surface area (Å²) in [4.78, 5) is 35.7. The van der Waals surface area contributed by atoms with Crippen LogP contribution in [0.15, 0.2) is 78.9 Å². The van der Waals surface area contributed by atoms with E-state index in [1.165, 1.54) is 18.2 Å². The molecule has 0 aliphatic heterocycles. The summed E-state index contributed by atoms with van der Waals surface area (Å²) in [6, 6.07) is 23.8. The van der Waals surface area contributed by atoms with Gasteiger partial charge >= 0.3 is 5.97 Å². The fraction of sp³-hybridized carbons (Fsp3) is 0.160. The van der Waals surface area contributed by atoms with E-state index in [9.17, 15) is 19.5 Å². The Labute approximate surface area is 196 Å². The number of carbonyl (C=O) groups is 3. The second-order valence-electron chi connectivity index (χ2n) is 7.21. The first kappa shape index (κ1) is 24.0. The lowest BCUT2D eigenvalue weighted by Crippen LogP contribution is -2.33. The van der Waals surface area contributed by atoms with Crippen LogP contribution in [0.4, 0.5) is 5.69 Å². The molecule has 0 bridgehead atoms. The van der Waals surface area contributed by atoms with Gasteiger partial charge in [-0.15, -0.1) is 0 Å². The number of anilines is 1. The summed E-state index contributed by atoms with van der Waals surface area (Å²) >= 11 is 5.80. The summed E-state index contributed by atoms with van der Waals surface area (Å²) in [6.45, 7) is -0.346. The van der Waals surface area contributed by atoms with Gasteiger partial charge in [0.2, 0.25) is 11.8 Å². The Hall–Kier alpha value is -3.68. The average molecular weight is 467 g/mol. The molecule has 3 aromatic carbocycles. The van der Waals surface area contributed by atoms with Crippen molar-refractivity contribution < 1.29 is 24.2 Å². The number of carboxylic acids is 1. The number of ether oxygens (including phenoxy) is 1. The maximum absolute atomic E-state index is 12.3. The van der Waals surface area contributed by atoms with E-state index in [2.05, 4.69) is 10.6 Å². The van der Waals surface area contributed by atoms with E-state index in [1.54, 1.807) is 0 Å². The molecule has 0 spiro atoms. The average Bonchev–Trinajstić information content (AvgIpc) is 2.81. The van der Waals surface area contributed by atoms with E-state index in [0.717, 1.165) is 11.1 Å². The molecule has 3 rings (SSSR count). The number of nitrogens with one attached hydrogen (secondary N) is 2. The molecule has 0 radical (unpaired) electrons. The van der Waals surface area contributed by atoms with Crippen LogP contribution in [-0.4, -0.2) is 42.6 Å². The molecule has 3 aromatic rings. The maximum atomic E-state index is 12.3. The van der Waals surface area contributed by atoms with Crippen LogP contribution in [0.2, 0.25) is 5.02 Å². The van der Waals surface area contributed by atoms with Gasteiger partial charge < -0.3 is 20.5 Å². The van der Waals surface area contributed by atoms with E-state index in [-0.39, 0.29) is 34.7 Å². The zero-order valence-electron chi connectivity index (χ0n) is 17.7. The molecular weight excluding hydrogens is 444 g/mol. The third-order valence-electron chi connectivity index (χ3n) is 4.86. The molecule has 0 aliphatic rings. The number of amides is 2. The molecule has 0 fully saturated rings. The number of hydrogen-bond donors (Lipinski definition) is 3. The van der Waals surface area contributed by atoms with Crippen LogP contribution in [0.25, 0.3) is 0 Å². The summed E-state index contributed by atoms with van der Waals surface area (Å²) in [6.07, 6.45) is 0. The SMILES string of the molecule is O=C(COCC(=O)Nc1ccc(Cl)cc1C(=O)O)NCC(c1ccccc1)c1ccccc1. The molecule has 0 aliphatic carbocycles. The van der Waals surface area contributed by atoms with Crippen molar-refractivity contribution in [1.82, 2.24) is 5.32 Å².